The molecule has 146 valence electrons. The highest BCUT2D eigenvalue weighted by molar-refractivity contribution is 5.74. The lowest BCUT2D eigenvalue weighted by molar-refractivity contribution is -0.153. The molecule has 1 fully saturated rings. The van der Waals surface area contributed by atoms with Crippen LogP contribution in [0.2, 0.25) is 0 Å². The van der Waals surface area contributed by atoms with Crippen molar-refractivity contribution in [2.24, 2.45) is 5.92 Å². The summed E-state index contributed by atoms with van der Waals surface area (Å²) in [4.78, 5) is 13.6. The quantitative estimate of drug-likeness (QED) is 0.683. The molecule has 0 amide bonds. The van der Waals surface area contributed by atoms with Crippen LogP contribution in [-0.2, 0) is 9.53 Å². The van der Waals surface area contributed by atoms with Gasteiger partial charge >= 0.3 is 5.97 Å². The number of benzene rings is 1. The molecular formula is C19H20FN5O3. The van der Waals surface area contributed by atoms with E-state index in [1.807, 2.05) is 6.07 Å². The average Bonchev–Trinajstić information content (AvgIpc) is 3.16. The second-order valence-corrected chi connectivity index (χ2v) is 6.76. The number of aliphatic hydroxyl groups excluding tert-OH is 1. The fourth-order valence-corrected chi connectivity index (χ4v) is 3.52. The van der Waals surface area contributed by atoms with E-state index in [1.165, 1.54) is 17.7 Å². The van der Waals surface area contributed by atoms with Crippen LogP contribution in [0.4, 0.5) is 10.2 Å². The molecule has 8 nitrogen and oxygen atoms in total. The number of aromatic nitrogens is 4. The molecule has 1 saturated heterocycles. The maximum absolute atomic E-state index is 14.2. The number of anilines is 1. The highest BCUT2D eigenvalue weighted by Gasteiger charge is 2.31. The Morgan fingerprint density at radius 3 is 2.68 bits per heavy atom. The number of hydrogen-bond acceptors (Lipinski definition) is 7. The molecule has 0 bridgehead atoms. The molecule has 3 aromatic rings. The van der Waals surface area contributed by atoms with Crippen LogP contribution < -0.4 is 4.90 Å². The molecule has 3 heterocycles. The summed E-state index contributed by atoms with van der Waals surface area (Å²) in [7, 11) is 1.27. The normalized spacial score (nSPS) is 16.3. The summed E-state index contributed by atoms with van der Waals surface area (Å²) in [5.74, 6) is -0.0863. The van der Waals surface area contributed by atoms with Gasteiger partial charge in [0.1, 0.15) is 11.6 Å². The monoisotopic (exact) mass is 385 g/mol. The zero-order chi connectivity index (χ0) is 19.7. The summed E-state index contributed by atoms with van der Waals surface area (Å²) in [6.07, 6.45) is 0.171. The zero-order valence-electron chi connectivity index (χ0n) is 15.3. The van der Waals surface area contributed by atoms with Gasteiger partial charge in [0.2, 0.25) is 0 Å². The van der Waals surface area contributed by atoms with Gasteiger partial charge in [-0.15, -0.1) is 15.3 Å². The van der Waals surface area contributed by atoms with Crippen molar-refractivity contribution >= 4 is 17.4 Å². The third-order valence-electron chi connectivity index (χ3n) is 5.12. The molecule has 1 aliphatic rings. The van der Waals surface area contributed by atoms with E-state index in [-0.39, 0.29) is 11.7 Å². The van der Waals surface area contributed by atoms with Gasteiger partial charge in [-0.3, -0.25) is 0 Å². The molecule has 1 atom stereocenters. The lowest BCUT2D eigenvalue weighted by Gasteiger charge is -2.33. The zero-order valence-corrected chi connectivity index (χ0v) is 15.3. The van der Waals surface area contributed by atoms with Crippen molar-refractivity contribution in [3.63, 3.8) is 0 Å². The van der Waals surface area contributed by atoms with E-state index in [0.29, 0.717) is 48.8 Å². The lowest BCUT2D eigenvalue weighted by Crippen LogP contribution is -2.41. The Morgan fingerprint density at radius 1 is 1.21 bits per heavy atom. The number of esters is 1. The molecule has 1 N–H and O–H groups in total. The second kappa shape index (κ2) is 7.51. The molecule has 0 spiro atoms. The Balaban J connectivity index is 1.57. The Bertz CT molecular complexity index is 1000. The van der Waals surface area contributed by atoms with E-state index in [4.69, 9.17) is 0 Å². The molecular weight excluding hydrogens is 365 g/mol. The number of hydrogen-bond donors (Lipinski definition) is 1. The molecule has 1 unspecified atom stereocenters. The van der Waals surface area contributed by atoms with Crippen LogP contribution in [0.25, 0.3) is 17.0 Å². The van der Waals surface area contributed by atoms with Crippen LogP contribution in [0.1, 0.15) is 12.8 Å². The van der Waals surface area contributed by atoms with Crippen LogP contribution >= 0.6 is 0 Å². The third-order valence-corrected chi connectivity index (χ3v) is 5.12. The summed E-state index contributed by atoms with van der Waals surface area (Å²) < 4.78 is 20.3. The summed E-state index contributed by atoms with van der Waals surface area (Å²) in [5, 5.41) is 22.8. The third kappa shape index (κ3) is 3.29. The maximum Gasteiger partial charge on any atom is 0.334 e. The van der Waals surface area contributed by atoms with Crippen molar-refractivity contribution in [2.45, 2.75) is 18.9 Å². The van der Waals surface area contributed by atoms with Crippen LogP contribution in [0.15, 0.2) is 36.4 Å². The summed E-state index contributed by atoms with van der Waals surface area (Å²) in [5.41, 5.74) is 0.859. The molecule has 2 aromatic heterocycles. The van der Waals surface area contributed by atoms with Gasteiger partial charge in [0.25, 0.3) is 0 Å². The lowest BCUT2D eigenvalue weighted by atomic mass is 9.91. The molecule has 0 saturated carbocycles. The number of rotatable bonds is 4. The number of halogens is 1. The van der Waals surface area contributed by atoms with Crippen LogP contribution in [0, 0.1) is 11.7 Å². The van der Waals surface area contributed by atoms with E-state index in [0.717, 1.165) is 0 Å². The minimum absolute atomic E-state index is 0.142. The number of ether oxygens (including phenoxy) is 1. The molecule has 1 aliphatic heterocycles. The Morgan fingerprint density at radius 2 is 1.96 bits per heavy atom. The molecule has 0 radical (unpaired) electrons. The minimum Gasteiger partial charge on any atom is -0.467 e. The number of carbonyl (C=O) groups is 1. The largest absolute Gasteiger partial charge is 0.467 e. The molecule has 0 aliphatic carbocycles. The first-order valence-electron chi connectivity index (χ1n) is 9.06. The van der Waals surface area contributed by atoms with Gasteiger partial charge in [-0.25, -0.2) is 9.18 Å². The van der Waals surface area contributed by atoms with Crippen molar-refractivity contribution in [3.8, 4) is 11.4 Å². The van der Waals surface area contributed by atoms with Crippen molar-refractivity contribution in [1.29, 1.82) is 0 Å². The predicted octanol–water partition coefficient (Wildman–Crippen LogP) is 1.68. The first-order chi connectivity index (χ1) is 13.6. The standard InChI is InChI=1S/C19H20FN5O3/c1-28-19(27)17(26)12-8-10-24(11-9-12)16-7-6-15-21-22-18(25(15)23-16)13-4-2-3-5-14(13)20/h2-7,12,17,26H,8-11H2,1H3. The SMILES string of the molecule is COC(=O)C(O)C1CCN(c2ccc3nnc(-c4ccccc4F)n3n2)CC1. The van der Waals surface area contributed by atoms with Gasteiger partial charge in [0.05, 0.1) is 12.7 Å². The topological polar surface area (TPSA) is 92.9 Å². The Hall–Kier alpha value is -3.07. The Kier molecular flexibility index (Phi) is 4.91. The first-order valence-corrected chi connectivity index (χ1v) is 9.06. The highest BCUT2D eigenvalue weighted by atomic mass is 19.1. The van der Waals surface area contributed by atoms with Gasteiger partial charge in [0.15, 0.2) is 17.6 Å². The van der Waals surface area contributed by atoms with Gasteiger partial charge in [-0.05, 0) is 43.0 Å². The van der Waals surface area contributed by atoms with Crippen molar-refractivity contribution in [3.05, 3.63) is 42.2 Å². The van der Waals surface area contributed by atoms with Gasteiger partial charge in [0, 0.05) is 13.1 Å². The second-order valence-electron chi connectivity index (χ2n) is 6.76. The number of nitrogens with zero attached hydrogens (tertiary/aromatic N) is 5. The fourth-order valence-electron chi connectivity index (χ4n) is 3.52. The number of fused-ring (bicyclic) bond motifs is 1. The van der Waals surface area contributed by atoms with Crippen LogP contribution in [-0.4, -0.2) is 57.2 Å². The fraction of sp³-hybridized carbons (Fsp3) is 0.368. The summed E-state index contributed by atoms with van der Waals surface area (Å²) in [6, 6.07) is 9.99. The Labute approximate surface area is 160 Å². The maximum atomic E-state index is 14.2. The number of carbonyl (C=O) groups excluding carboxylic acids is 1. The van der Waals surface area contributed by atoms with E-state index in [9.17, 15) is 14.3 Å². The molecule has 28 heavy (non-hydrogen) atoms. The van der Waals surface area contributed by atoms with E-state index < -0.39 is 12.1 Å². The first kappa shape index (κ1) is 18.3. The predicted molar refractivity (Wildman–Crippen MR) is 99.1 cm³/mol. The number of methoxy groups -OCH3 is 1. The molecule has 1 aromatic carbocycles. The smallest absolute Gasteiger partial charge is 0.334 e. The molecule has 9 heteroatoms. The van der Waals surface area contributed by atoms with E-state index in [1.54, 1.807) is 24.3 Å². The van der Waals surface area contributed by atoms with Gasteiger partial charge in [-0.2, -0.15) is 4.52 Å². The number of piperidine rings is 1. The van der Waals surface area contributed by atoms with Gasteiger partial charge < -0.3 is 14.7 Å². The van der Waals surface area contributed by atoms with E-state index in [2.05, 4.69) is 24.9 Å². The van der Waals surface area contributed by atoms with Crippen LogP contribution in [0.5, 0.6) is 0 Å². The summed E-state index contributed by atoms with van der Waals surface area (Å²) in [6.45, 7) is 1.27. The number of aliphatic hydroxyl groups is 1. The van der Waals surface area contributed by atoms with Gasteiger partial charge in [-0.1, -0.05) is 12.1 Å². The van der Waals surface area contributed by atoms with Crippen molar-refractivity contribution < 1.29 is 19.0 Å². The highest BCUT2D eigenvalue weighted by Crippen LogP contribution is 2.26. The summed E-state index contributed by atoms with van der Waals surface area (Å²) >= 11 is 0. The van der Waals surface area contributed by atoms with Crippen LogP contribution in [0.3, 0.4) is 0 Å². The van der Waals surface area contributed by atoms with Crippen molar-refractivity contribution in [1.82, 2.24) is 19.8 Å². The van der Waals surface area contributed by atoms with Crippen molar-refractivity contribution in [2.75, 3.05) is 25.1 Å². The van der Waals surface area contributed by atoms with E-state index >= 15 is 0 Å². The average molecular weight is 385 g/mol. The molecule has 4 rings (SSSR count). The minimum atomic E-state index is -1.10.